The van der Waals surface area contributed by atoms with Crippen molar-refractivity contribution in [3.63, 3.8) is 0 Å². The van der Waals surface area contributed by atoms with Crippen LogP contribution in [0.4, 0.5) is 10.1 Å². The normalized spacial score (nSPS) is 10.3. The Bertz CT molecular complexity index is 610. The van der Waals surface area contributed by atoms with Gasteiger partial charge in [-0.25, -0.2) is 4.39 Å². The monoisotopic (exact) mass is 321 g/mol. The Balaban J connectivity index is 2.33. The van der Waals surface area contributed by atoms with Gasteiger partial charge in [0.15, 0.2) is 0 Å². The van der Waals surface area contributed by atoms with E-state index in [9.17, 15) is 9.18 Å². The highest BCUT2D eigenvalue weighted by Crippen LogP contribution is 2.22. The summed E-state index contributed by atoms with van der Waals surface area (Å²) in [5.74, 6) is -0.908. The van der Waals surface area contributed by atoms with Crippen LogP contribution < -0.4 is 4.90 Å². The van der Waals surface area contributed by atoms with Gasteiger partial charge in [-0.3, -0.25) is 4.79 Å². The molecular weight excluding hydrogens is 309 g/mol. The number of aryl methyl sites for hydroxylation is 1. The highest BCUT2D eigenvalue weighted by atomic mass is 79.9. The van der Waals surface area contributed by atoms with Gasteiger partial charge in [-0.2, -0.15) is 0 Å². The molecule has 0 bridgehead atoms. The summed E-state index contributed by atoms with van der Waals surface area (Å²) in [5, 5.41) is 0. The number of benzene rings is 2. The third-order valence-electron chi connectivity index (χ3n) is 2.91. The third-order valence-corrected chi connectivity index (χ3v) is 3.52. The Morgan fingerprint density at radius 1 is 1.16 bits per heavy atom. The van der Waals surface area contributed by atoms with Crippen LogP contribution in [0.5, 0.6) is 0 Å². The molecule has 0 unspecified atom stereocenters. The summed E-state index contributed by atoms with van der Waals surface area (Å²) < 4.78 is 14.2. The number of hydrogen-bond donors (Lipinski definition) is 0. The largest absolute Gasteiger partial charge is 0.311 e. The minimum atomic E-state index is -0.536. The molecule has 0 radical (unpaired) electrons. The van der Waals surface area contributed by atoms with Crippen molar-refractivity contribution >= 4 is 27.5 Å². The molecule has 0 fully saturated rings. The van der Waals surface area contributed by atoms with Gasteiger partial charge >= 0.3 is 0 Å². The molecule has 0 atom stereocenters. The van der Waals surface area contributed by atoms with E-state index in [4.69, 9.17) is 0 Å². The molecule has 2 rings (SSSR count). The molecule has 2 aromatic carbocycles. The van der Waals surface area contributed by atoms with Gasteiger partial charge in [0.05, 0.1) is 10.0 Å². The number of hydrogen-bond acceptors (Lipinski definition) is 1. The third kappa shape index (κ3) is 2.84. The maximum Gasteiger partial charge on any atom is 0.261 e. The van der Waals surface area contributed by atoms with Crippen molar-refractivity contribution in [1.29, 1.82) is 0 Å². The van der Waals surface area contributed by atoms with Gasteiger partial charge in [0, 0.05) is 12.7 Å². The number of anilines is 1. The Morgan fingerprint density at radius 2 is 1.79 bits per heavy atom. The summed E-state index contributed by atoms with van der Waals surface area (Å²) in [7, 11) is 1.63. The van der Waals surface area contributed by atoms with Crippen molar-refractivity contribution in [2.75, 3.05) is 11.9 Å². The Morgan fingerprint density at radius 3 is 2.42 bits per heavy atom. The summed E-state index contributed by atoms with van der Waals surface area (Å²) >= 11 is 3.08. The fourth-order valence-electron chi connectivity index (χ4n) is 1.74. The summed E-state index contributed by atoms with van der Waals surface area (Å²) in [6, 6.07) is 12.2. The van der Waals surface area contributed by atoms with E-state index in [1.165, 1.54) is 11.0 Å². The number of carbonyl (C=O) groups is 1. The van der Waals surface area contributed by atoms with Crippen LogP contribution in [0.2, 0.25) is 0 Å². The van der Waals surface area contributed by atoms with Crippen LogP contribution in [0.15, 0.2) is 46.9 Å². The zero-order valence-electron chi connectivity index (χ0n) is 10.7. The van der Waals surface area contributed by atoms with E-state index >= 15 is 0 Å². The molecule has 0 aliphatic carbocycles. The van der Waals surface area contributed by atoms with Crippen LogP contribution in [-0.4, -0.2) is 13.0 Å². The number of amides is 1. The van der Waals surface area contributed by atoms with Gasteiger partial charge in [0.1, 0.15) is 5.82 Å². The molecule has 0 saturated carbocycles. The molecule has 0 N–H and O–H groups in total. The molecular formula is C15H13BrFNO. The van der Waals surface area contributed by atoms with Crippen molar-refractivity contribution in [3.05, 3.63) is 63.9 Å². The minimum absolute atomic E-state index is 0.0532. The van der Waals surface area contributed by atoms with Crippen molar-refractivity contribution in [2.45, 2.75) is 6.92 Å². The molecule has 0 heterocycles. The molecule has 4 heteroatoms. The maximum absolute atomic E-state index is 13.9. The molecule has 0 aliphatic heterocycles. The molecule has 0 aliphatic rings. The second kappa shape index (κ2) is 5.53. The second-order valence-electron chi connectivity index (χ2n) is 4.30. The van der Waals surface area contributed by atoms with Gasteiger partial charge in [-0.1, -0.05) is 23.8 Å². The summed E-state index contributed by atoms with van der Waals surface area (Å²) in [6.45, 7) is 1.97. The van der Waals surface area contributed by atoms with Crippen LogP contribution in [0, 0.1) is 12.7 Å². The molecule has 2 nitrogen and oxygen atoms in total. The predicted octanol–water partition coefficient (Wildman–Crippen LogP) is 4.17. The first-order chi connectivity index (χ1) is 9.00. The Hall–Kier alpha value is -1.68. The number of halogens is 2. The number of nitrogens with zero attached hydrogens (tertiary/aromatic N) is 1. The van der Waals surface area contributed by atoms with Crippen molar-refractivity contribution in [2.24, 2.45) is 0 Å². The maximum atomic E-state index is 13.9. The predicted molar refractivity (Wildman–Crippen MR) is 78.0 cm³/mol. The smallest absolute Gasteiger partial charge is 0.261 e. The molecule has 98 valence electrons. The average Bonchev–Trinajstić information content (AvgIpc) is 2.41. The lowest BCUT2D eigenvalue weighted by Crippen LogP contribution is -2.27. The summed E-state index contributed by atoms with van der Waals surface area (Å²) in [4.78, 5) is 13.7. The van der Waals surface area contributed by atoms with E-state index in [2.05, 4.69) is 15.9 Å². The van der Waals surface area contributed by atoms with Gasteiger partial charge in [0.25, 0.3) is 5.91 Å². The first-order valence-corrected chi connectivity index (χ1v) is 6.58. The summed E-state index contributed by atoms with van der Waals surface area (Å²) in [6.07, 6.45) is 0. The zero-order chi connectivity index (χ0) is 14.0. The fourth-order valence-corrected chi connectivity index (χ4v) is 2.10. The lowest BCUT2D eigenvalue weighted by atomic mass is 10.1. The van der Waals surface area contributed by atoms with Crippen LogP contribution >= 0.6 is 15.9 Å². The van der Waals surface area contributed by atoms with E-state index in [0.29, 0.717) is 0 Å². The first-order valence-electron chi connectivity index (χ1n) is 5.79. The van der Waals surface area contributed by atoms with Gasteiger partial charge in [-0.15, -0.1) is 0 Å². The second-order valence-corrected chi connectivity index (χ2v) is 5.16. The molecule has 0 saturated heterocycles. The quantitative estimate of drug-likeness (QED) is 0.812. The molecule has 0 spiro atoms. The Kier molecular flexibility index (Phi) is 4.00. The van der Waals surface area contributed by atoms with Gasteiger partial charge in [0.2, 0.25) is 0 Å². The van der Waals surface area contributed by atoms with E-state index < -0.39 is 5.82 Å². The topological polar surface area (TPSA) is 20.3 Å². The van der Waals surface area contributed by atoms with Crippen molar-refractivity contribution < 1.29 is 9.18 Å². The molecule has 2 aromatic rings. The molecule has 0 aromatic heterocycles. The highest BCUT2D eigenvalue weighted by molar-refractivity contribution is 9.10. The molecule has 19 heavy (non-hydrogen) atoms. The van der Waals surface area contributed by atoms with Crippen LogP contribution in [0.25, 0.3) is 0 Å². The van der Waals surface area contributed by atoms with E-state index in [-0.39, 0.29) is 15.9 Å². The van der Waals surface area contributed by atoms with Crippen LogP contribution in [0.1, 0.15) is 15.9 Å². The zero-order valence-corrected chi connectivity index (χ0v) is 12.2. The Labute approximate surface area is 120 Å². The summed E-state index contributed by atoms with van der Waals surface area (Å²) in [5.41, 5.74) is 1.89. The fraction of sp³-hybridized carbons (Fsp3) is 0.133. The number of carbonyl (C=O) groups excluding carboxylic acids is 1. The van der Waals surface area contributed by atoms with Crippen LogP contribution in [-0.2, 0) is 0 Å². The SMILES string of the molecule is Cc1ccc(N(C)C(=O)c2cccc(Br)c2F)cc1. The minimum Gasteiger partial charge on any atom is -0.311 e. The first kappa shape index (κ1) is 13.7. The lowest BCUT2D eigenvalue weighted by molar-refractivity contribution is 0.0989. The highest BCUT2D eigenvalue weighted by Gasteiger charge is 2.18. The van der Waals surface area contributed by atoms with Crippen molar-refractivity contribution in [1.82, 2.24) is 0 Å². The van der Waals surface area contributed by atoms with Gasteiger partial charge < -0.3 is 4.90 Å². The van der Waals surface area contributed by atoms with Crippen molar-refractivity contribution in [3.8, 4) is 0 Å². The van der Waals surface area contributed by atoms with E-state index in [1.807, 2.05) is 31.2 Å². The van der Waals surface area contributed by atoms with E-state index in [0.717, 1.165) is 11.3 Å². The molecule has 1 amide bonds. The average molecular weight is 322 g/mol. The van der Waals surface area contributed by atoms with E-state index in [1.54, 1.807) is 19.2 Å². The van der Waals surface area contributed by atoms with Gasteiger partial charge in [-0.05, 0) is 47.1 Å². The number of rotatable bonds is 2. The standard InChI is InChI=1S/C15H13BrFNO/c1-10-6-8-11(9-7-10)18(2)15(19)12-4-3-5-13(16)14(12)17/h3-9H,1-2H3. The van der Waals surface area contributed by atoms with Crippen LogP contribution in [0.3, 0.4) is 0 Å². The lowest BCUT2D eigenvalue weighted by Gasteiger charge is -2.18.